The molecule has 1 aliphatic rings. The normalized spacial score (nSPS) is 17.6. The Kier molecular flexibility index (Phi) is 2.82. The predicted molar refractivity (Wildman–Crippen MR) is 67.0 cm³/mol. The second-order valence-corrected chi connectivity index (χ2v) is 4.80. The topological polar surface area (TPSA) is 26.0 Å². The number of benzene rings is 2. The van der Waals surface area contributed by atoms with Crippen molar-refractivity contribution < 1.29 is 13.2 Å². The first-order valence-corrected chi connectivity index (χ1v) is 6.09. The molecule has 98 valence electrons. The largest absolute Gasteiger partial charge is 0.324 e. The third-order valence-corrected chi connectivity index (χ3v) is 3.59. The molecule has 0 bridgehead atoms. The molecule has 19 heavy (non-hydrogen) atoms. The Morgan fingerprint density at radius 2 is 1.68 bits per heavy atom. The van der Waals surface area contributed by atoms with E-state index in [4.69, 9.17) is 5.73 Å². The summed E-state index contributed by atoms with van der Waals surface area (Å²) < 4.78 is 39.8. The number of fused-ring (bicyclic) bond motifs is 1. The molecule has 2 aromatic rings. The molecule has 0 spiro atoms. The number of hydrogen-bond acceptors (Lipinski definition) is 1. The molecule has 0 fully saturated rings. The minimum Gasteiger partial charge on any atom is -0.324 e. The Labute approximate surface area is 108 Å². The quantitative estimate of drug-likeness (QED) is 0.780. The zero-order valence-corrected chi connectivity index (χ0v) is 10.1. The van der Waals surface area contributed by atoms with Gasteiger partial charge in [-0.25, -0.2) is 13.2 Å². The van der Waals surface area contributed by atoms with Crippen LogP contribution in [0.4, 0.5) is 13.2 Å². The van der Waals surface area contributed by atoms with Gasteiger partial charge in [-0.15, -0.1) is 0 Å². The van der Waals surface area contributed by atoms with Crippen molar-refractivity contribution in [3.63, 3.8) is 0 Å². The fourth-order valence-electron chi connectivity index (χ4n) is 2.56. The maximum absolute atomic E-state index is 13.7. The number of rotatable bonds is 1. The summed E-state index contributed by atoms with van der Waals surface area (Å²) in [4.78, 5) is 0. The lowest BCUT2D eigenvalue weighted by Gasteiger charge is -2.09. The standard InChI is InChI=1S/C15H12F3N/c16-12-7-14(18)13(17)6-11(12)9-1-3-10-8(5-9)2-4-15(10)19/h1,3,5-7,15H,2,4,19H2. The lowest BCUT2D eigenvalue weighted by Crippen LogP contribution is -2.04. The van der Waals surface area contributed by atoms with E-state index in [2.05, 4.69) is 0 Å². The molecular weight excluding hydrogens is 251 g/mol. The maximum Gasteiger partial charge on any atom is 0.161 e. The van der Waals surface area contributed by atoms with Crippen LogP contribution < -0.4 is 5.73 Å². The average Bonchev–Trinajstić information content (AvgIpc) is 2.75. The first kappa shape index (κ1) is 12.2. The van der Waals surface area contributed by atoms with Gasteiger partial charge in [0.25, 0.3) is 0 Å². The second kappa shape index (κ2) is 4.38. The highest BCUT2D eigenvalue weighted by Crippen LogP contribution is 2.34. The van der Waals surface area contributed by atoms with E-state index in [1.807, 2.05) is 6.07 Å². The van der Waals surface area contributed by atoms with Gasteiger partial charge in [0.1, 0.15) is 5.82 Å². The summed E-state index contributed by atoms with van der Waals surface area (Å²) in [5.41, 5.74) is 8.64. The molecule has 1 aliphatic carbocycles. The van der Waals surface area contributed by atoms with Crippen LogP contribution in [0.2, 0.25) is 0 Å². The molecule has 0 aromatic heterocycles. The Morgan fingerprint density at radius 3 is 2.47 bits per heavy atom. The van der Waals surface area contributed by atoms with Gasteiger partial charge in [-0.3, -0.25) is 0 Å². The zero-order valence-electron chi connectivity index (χ0n) is 10.1. The Balaban J connectivity index is 2.11. The van der Waals surface area contributed by atoms with Gasteiger partial charge in [0.2, 0.25) is 0 Å². The molecule has 0 radical (unpaired) electrons. The number of hydrogen-bond donors (Lipinski definition) is 1. The van der Waals surface area contributed by atoms with Crippen LogP contribution >= 0.6 is 0 Å². The van der Waals surface area contributed by atoms with E-state index in [-0.39, 0.29) is 11.6 Å². The molecule has 1 atom stereocenters. The number of halogens is 3. The van der Waals surface area contributed by atoms with E-state index in [0.717, 1.165) is 30.0 Å². The van der Waals surface area contributed by atoms with E-state index in [0.29, 0.717) is 11.6 Å². The van der Waals surface area contributed by atoms with Crippen LogP contribution in [0.1, 0.15) is 23.6 Å². The smallest absolute Gasteiger partial charge is 0.161 e. The fourth-order valence-corrected chi connectivity index (χ4v) is 2.56. The van der Waals surface area contributed by atoms with Crippen LogP contribution in [0.3, 0.4) is 0 Å². The van der Waals surface area contributed by atoms with Crippen molar-refractivity contribution in [2.75, 3.05) is 0 Å². The molecule has 0 saturated carbocycles. The number of nitrogens with two attached hydrogens (primary N) is 1. The predicted octanol–water partition coefficient (Wildman–Crippen LogP) is 3.72. The van der Waals surface area contributed by atoms with Gasteiger partial charge in [-0.2, -0.15) is 0 Å². The Bertz CT molecular complexity index is 652. The lowest BCUT2D eigenvalue weighted by molar-refractivity contribution is 0.496. The SMILES string of the molecule is NC1CCc2cc(-c3cc(F)c(F)cc3F)ccc21. The summed E-state index contributed by atoms with van der Waals surface area (Å²) in [5, 5.41) is 0. The molecule has 0 aliphatic heterocycles. The average molecular weight is 263 g/mol. The van der Waals surface area contributed by atoms with Crippen molar-refractivity contribution in [1.29, 1.82) is 0 Å². The Hall–Kier alpha value is -1.81. The van der Waals surface area contributed by atoms with Gasteiger partial charge in [-0.05, 0) is 35.6 Å². The highest BCUT2D eigenvalue weighted by molar-refractivity contribution is 5.66. The monoisotopic (exact) mass is 263 g/mol. The summed E-state index contributed by atoms with van der Waals surface area (Å²) in [7, 11) is 0. The van der Waals surface area contributed by atoms with Crippen LogP contribution in [0.15, 0.2) is 30.3 Å². The van der Waals surface area contributed by atoms with Crippen molar-refractivity contribution in [2.45, 2.75) is 18.9 Å². The molecular formula is C15H12F3N. The van der Waals surface area contributed by atoms with Gasteiger partial charge in [-0.1, -0.05) is 18.2 Å². The molecule has 4 heteroatoms. The summed E-state index contributed by atoms with van der Waals surface area (Å²) >= 11 is 0. The second-order valence-electron chi connectivity index (χ2n) is 4.80. The summed E-state index contributed by atoms with van der Waals surface area (Å²) in [6.07, 6.45) is 1.69. The summed E-state index contributed by atoms with van der Waals surface area (Å²) in [6, 6.07) is 6.81. The lowest BCUT2D eigenvalue weighted by atomic mass is 9.99. The first-order valence-electron chi connectivity index (χ1n) is 6.09. The molecule has 1 unspecified atom stereocenters. The van der Waals surface area contributed by atoms with Gasteiger partial charge in [0.15, 0.2) is 11.6 Å². The van der Waals surface area contributed by atoms with E-state index in [9.17, 15) is 13.2 Å². The van der Waals surface area contributed by atoms with Gasteiger partial charge < -0.3 is 5.73 Å². The van der Waals surface area contributed by atoms with Crippen LogP contribution in [-0.2, 0) is 6.42 Å². The molecule has 0 heterocycles. The Morgan fingerprint density at radius 1 is 0.947 bits per heavy atom. The van der Waals surface area contributed by atoms with Crippen molar-refractivity contribution in [3.8, 4) is 11.1 Å². The zero-order chi connectivity index (χ0) is 13.6. The summed E-state index contributed by atoms with van der Waals surface area (Å²) in [6.45, 7) is 0. The number of aryl methyl sites for hydroxylation is 1. The van der Waals surface area contributed by atoms with Crippen molar-refractivity contribution in [2.24, 2.45) is 5.73 Å². The van der Waals surface area contributed by atoms with Gasteiger partial charge >= 0.3 is 0 Å². The molecule has 0 amide bonds. The highest BCUT2D eigenvalue weighted by Gasteiger charge is 2.20. The minimum atomic E-state index is -1.18. The van der Waals surface area contributed by atoms with Crippen molar-refractivity contribution >= 4 is 0 Å². The first-order chi connectivity index (χ1) is 9.06. The van der Waals surface area contributed by atoms with E-state index >= 15 is 0 Å². The third-order valence-electron chi connectivity index (χ3n) is 3.59. The maximum atomic E-state index is 13.7. The van der Waals surface area contributed by atoms with E-state index in [1.54, 1.807) is 12.1 Å². The molecule has 3 rings (SSSR count). The third kappa shape index (κ3) is 2.02. The van der Waals surface area contributed by atoms with E-state index in [1.165, 1.54) is 0 Å². The van der Waals surface area contributed by atoms with Crippen LogP contribution in [0.5, 0.6) is 0 Å². The van der Waals surface area contributed by atoms with Gasteiger partial charge in [0.05, 0.1) is 0 Å². The van der Waals surface area contributed by atoms with Gasteiger partial charge in [0, 0.05) is 17.7 Å². The van der Waals surface area contributed by atoms with Crippen LogP contribution in [0, 0.1) is 17.5 Å². The molecule has 1 nitrogen and oxygen atoms in total. The van der Waals surface area contributed by atoms with Crippen molar-refractivity contribution in [1.82, 2.24) is 0 Å². The molecule has 2 aromatic carbocycles. The fraction of sp³-hybridized carbons (Fsp3) is 0.200. The molecule has 0 saturated heterocycles. The highest BCUT2D eigenvalue weighted by atomic mass is 19.2. The van der Waals surface area contributed by atoms with Crippen molar-refractivity contribution in [3.05, 3.63) is 58.9 Å². The minimum absolute atomic E-state index is 0.0128. The summed E-state index contributed by atoms with van der Waals surface area (Å²) in [5.74, 6) is -2.99. The van der Waals surface area contributed by atoms with Crippen LogP contribution in [-0.4, -0.2) is 0 Å². The van der Waals surface area contributed by atoms with E-state index < -0.39 is 17.5 Å². The van der Waals surface area contributed by atoms with Crippen LogP contribution in [0.25, 0.3) is 11.1 Å². The molecule has 2 N–H and O–H groups in total.